The van der Waals surface area contributed by atoms with Crippen LogP contribution in [0, 0.1) is 0 Å². The number of aromatic hydroxyl groups is 2. The lowest BCUT2D eigenvalue weighted by atomic mass is 9.72. The summed E-state index contributed by atoms with van der Waals surface area (Å²) in [5.41, 5.74) is 2.37. The second kappa shape index (κ2) is 12.3. The number of aliphatic hydroxyl groups is 3. The van der Waals surface area contributed by atoms with Gasteiger partial charge in [-0.15, -0.1) is 0 Å². The lowest BCUT2D eigenvalue weighted by Crippen LogP contribution is -2.53. The molecule has 1 heterocycles. The first-order chi connectivity index (χ1) is 20.4. The third-order valence-electron chi connectivity index (χ3n) is 7.81. The SMILES string of the molecule is COc1cccc2c1C(=O)c1c(O)c3c(c(O)c1C2=O)C[C@@](O)(C(=O)CO)C[C@@H]3O[C@H]1C[C@H](N)[C@H](O)[C@H](C)O1.O=P(O)(O)O. The number of ether oxygens (including phenoxy) is 3. The van der Waals surface area contributed by atoms with Crippen molar-refractivity contribution in [1.82, 2.24) is 0 Å². The summed E-state index contributed by atoms with van der Waals surface area (Å²) in [6.07, 6.45) is -5.12. The molecule has 5 rings (SSSR count). The zero-order valence-corrected chi connectivity index (χ0v) is 24.3. The summed E-state index contributed by atoms with van der Waals surface area (Å²) < 4.78 is 25.9. The highest BCUT2D eigenvalue weighted by Crippen LogP contribution is 2.52. The molecule has 1 saturated heterocycles. The van der Waals surface area contributed by atoms with Crippen LogP contribution < -0.4 is 10.5 Å². The maximum absolute atomic E-state index is 13.6. The number of carbonyl (C=O) groups excluding carboxylic acids is 3. The third-order valence-corrected chi connectivity index (χ3v) is 7.81. The van der Waals surface area contributed by atoms with Gasteiger partial charge in [0, 0.05) is 42.0 Å². The van der Waals surface area contributed by atoms with E-state index < -0.39 is 103 Å². The van der Waals surface area contributed by atoms with Crippen LogP contribution in [0.2, 0.25) is 0 Å². The number of carbonyl (C=O) groups is 3. The zero-order valence-electron chi connectivity index (χ0n) is 23.4. The minimum absolute atomic E-state index is 0.0173. The summed E-state index contributed by atoms with van der Waals surface area (Å²) >= 11 is 0. The van der Waals surface area contributed by atoms with Gasteiger partial charge >= 0.3 is 7.82 Å². The highest BCUT2D eigenvalue weighted by atomic mass is 31.2. The fraction of sp³-hybridized carbons (Fsp3) is 0.444. The van der Waals surface area contributed by atoms with E-state index in [4.69, 9.17) is 39.2 Å². The summed E-state index contributed by atoms with van der Waals surface area (Å²) in [7, 11) is -3.32. The first kappa shape index (κ1) is 33.6. The smallest absolute Gasteiger partial charge is 0.466 e. The molecule has 10 N–H and O–H groups in total. The monoisotopic (exact) mass is 641 g/mol. The Morgan fingerprint density at radius 3 is 2.30 bits per heavy atom. The van der Waals surface area contributed by atoms with Gasteiger partial charge in [0.25, 0.3) is 0 Å². The van der Waals surface area contributed by atoms with Crippen LogP contribution in [0.1, 0.15) is 68.8 Å². The average molecular weight is 642 g/mol. The molecule has 0 bridgehead atoms. The molecule has 0 aromatic heterocycles. The number of Topliss-reactive ketones (excluding diaryl/α,β-unsaturated/α-hetero) is 1. The molecule has 0 unspecified atom stereocenters. The van der Waals surface area contributed by atoms with E-state index in [0.29, 0.717) is 0 Å². The van der Waals surface area contributed by atoms with Gasteiger partial charge < -0.3 is 60.2 Å². The molecule has 6 atom stereocenters. The minimum atomic E-state index is -4.64. The number of phenolic OH excluding ortho intramolecular Hbond substituents is 2. The number of hydrogen-bond donors (Lipinski definition) is 9. The molecule has 3 aliphatic rings. The van der Waals surface area contributed by atoms with Gasteiger partial charge in [0.2, 0.25) is 5.78 Å². The molecule has 16 nitrogen and oxygen atoms in total. The quantitative estimate of drug-likeness (QED) is 0.120. The van der Waals surface area contributed by atoms with Crippen LogP contribution in [-0.2, 0) is 25.3 Å². The van der Waals surface area contributed by atoms with Crippen molar-refractivity contribution in [2.45, 2.75) is 62.4 Å². The van der Waals surface area contributed by atoms with E-state index in [-0.39, 0.29) is 34.4 Å². The molecule has 240 valence electrons. The molecule has 1 fully saturated rings. The number of hydrogen-bond acceptors (Lipinski definition) is 13. The van der Waals surface area contributed by atoms with Gasteiger partial charge in [0.15, 0.2) is 17.9 Å². The summed E-state index contributed by atoms with van der Waals surface area (Å²) in [4.78, 5) is 61.3. The fourth-order valence-electron chi connectivity index (χ4n) is 5.75. The number of benzene rings is 2. The highest BCUT2D eigenvalue weighted by molar-refractivity contribution is 7.45. The number of methoxy groups -OCH3 is 1. The second-order valence-electron chi connectivity index (χ2n) is 10.7. The normalized spacial score (nSPS) is 27.8. The highest BCUT2D eigenvalue weighted by Gasteiger charge is 2.50. The first-order valence-electron chi connectivity index (χ1n) is 13.2. The second-order valence-corrected chi connectivity index (χ2v) is 11.7. The number of phenols is 2. The van der Waals surface area contributed by atoms with Crippen molar-refractivity contribution in [3.8, 4) is 17.2 Å². The Bertz CT molecular complexity index is 1530. The van der Waals surface area contributed by atoms with Crippen molar-refractivity contribution >= 4 is 25.2 Å². The molecular formula is C27H32NO15P. The molecule has 2 aliphatic carbocycles. The number of aliphatic hydroxyl groups excluding tert-OH is 2. The van der Waals surface area contributed by atoms with Crippen LogP contribution >= 0.6 is 7.82 Å². The first-order valence-corrected chi connectivity index (χ1v) is 14.8. The van der Waals surface area contributed by atoms with E-state index in [9.17, 15) is 39.9 Å². The van der Waals surface area contributed by atoms with Crippen molar-refractivity contribution in [3.05, 3.63) is 51.6 Å². The predicted octanol–water partition coefficient (Wildman–Crippen LogP) is -0.927. The molecule has 17 heteroatoms. The van der Waals surface area contributed by atoms with E-state index in [1.54, 1.807) is 6.92 Å². The van der Waals surface area contributed by atoms with Crippen LogP contribution in [0.15, 0.2) is 18.2 Å². The average Bonchev–Trinajstić information content (AvgIpc) is 2.94. The largest absolute Gasteiger partial charge is 0.507 e. The van der Waals surface area contributed by atoms with Crippen LogP contribution in [0.25, 0.3) is 0 Å². The van der Waals surface area contributed by atoms with Crippen LogP contribution in [0.4, 0.5) is 0 Å². The predicted molar refractivity (Wildman–Crippen MR) is 146 cm³/mol. The Morgan fingerprint density at radius 2 is 1.73 bits per heavy atom. The van der Waals surface area contributed by atoms with Gasteiger partial charge in [-0.05, 0) is 13.0 Å². The van der Waals surface area contributed by atoms with Gasteiger partial charge in [-0.25, -0.2) is 4.57 Å². The van der Waals surface area contributed by atoms with Crippen LogP contribution in [0.3, 0.4) is 0 Å². The Kier molecular flexibility index (Phi) is 9.36. The molecule has 2 aromatic rings. The summed E-state index contributed by atoms with van der Waals surface area (Å²) in [5, 5.41) is 53.7. The van der Waals surface area contributed by atoms with Crippen LogP contribution in [-0.4, -0.2) is 101 Å². The lowest BCUT2D eigenvalue weighted by Gasteiger charge is -2.42. The fourth-order valence-corrected chi connectivity index (χ4v) is 5.75. The van der Waals surface area contributed by atoms with E-state index in [1.807, 2.05) is 0 Å². The Balaban J connectivity index is 0.000000818. The topological polar surface area (TPSA) is 284 Å². The Hall–Kier alpha value is -3.28. The zero-order chi connectivity index (χ0) is 32.9. The third kappa shape index (κ3) is 6.14. The molecule has 44 heavy (non-hydrogen) atoms. The standard InChI is InChI=1S/C27H29NO11.H3O4P/c1-10-22(31)13(28)6-17(38-10)39-15-8-27(36,16(30)9-29)7-12-19(15)26(35)21-20(24(12)33)23(32)11-4-3-5-14(37-2)18(11)25(21)34;1-5(2,3)4/h3-5,10,13,15,17,22,29,31,33,35-36H,6-9,28H2,1-2H3;(H3,1,2,3,4)/t10-,13-,15-,17-,22+,27-;/m0./s1. The molecule has 0 radical (unpaired) electrons. The van der Waals surface area contributed by atoms with Crippen molar-refractivity contribution in [2.24, 2.45) is 5.73 Å². The maximum Gasteiger partial charge on any atom is 0.466 e. The van der Waals surface area contributed by atoms with Crippen molar-refractivity contribution in [1.29, 1.82) is 0 Å². The summed E-state index contributed by atoms with van der Waals surface area (Å²) in [5.74, 6) is -3.77. The van der Waals surface area contributed by atoms with E-state index in [0.717, 1.165) is 0 Å². The molecular weight excluding hydrogens is 609 g/mol. The van der Waals surface area contributed by atoms with E-state index in [2.05, 4.69) is 0 Å². The summed E-state index contributed by atoms with van der Waals surface area (Å²) in [6, 6.07) is 3.64. The number of nitrogens with two attached hydrogens (primary N) is 1. The van der Waals surface area contributed by atoms with Gasteiger partial charge in [0.1, 0.15) is 29.5 Å². The van der Waals surface area contributed by atoms with Crippen molar-refractivity contribution < 1.29 is 73.4 Å². The van der Waals surface area contributed by atoms with Crippen molar-refractivity contribution in [3.63, 3.8) is 0 Å². The number of fused-ring (bicyclic) bond motifs is 3. The Morgan fingerprint density at radius 1 is 1.11 bits per heavy atom. The van der Waals surface area contributed by atoms with Gasteiger partial charge in [0.05, 0.1) is 42.1 Å². The lowest BCUT2D eigenvalue weighted by molar-refractivity contribution is -0.247. The van der Waals surface area contributed by atoms with E-state index >= 15 is 0 Å². The van der Waals surface area contributed by atoms with Crippen LogP contribution in [0.5, 0.6) is 17.2 Å². The van der Waals surface area contributed by atoms with Crippen molar-refractivity contribution in [2.75, 3.05) is 13.7 Å². The summed E-state index contributed by atoms with van der Waals surface area (Å²) in [6.45, 7) is 0.560. The molecule has 0 spiro atoms. The number of ketones is 3. The number of rotatable bonds is 5. The number of phosphoric acid groups is 1. The molecule has 0 amide bonds. The molecule has 1 aliphatic heterocycles. The molecule has 0 saturated carbocycles. The Labute approximate surface area is 249 Å². The minimum Gasteiger partial charge on any atom is -0.507 e. The maximum atomic E-state index is 13.6. The molecule has 2 aromatic carbocycles. The van der Waals surface area contributed by atoms with Gasteiger partial charge in [-0.2, -0.15) is 0 Å². The van der Waals surface area contributed by atoms with Gasteiger partial charge in [-0.3, -0.25) is 14.4 Å². The van der Waals surface area contributed by atoms with Gasteiger partial charge in [-0.1, -0.05) is 12.1 Å². The van der Waals surface area contributed by atoms with E-state index in [1.165, 1.54) is 25.3 Å².